The summed E-state index contributed by atoms with van der Waals surface area (Å²) in [5.74, 6) is 0.386. The predicted octanol–water partition coefficient (Wildman–Crippen LogP) is 4.22. The maximum absolute atomic E-state index is 12.8. The van der Waals surface area contributed by atoms with Gasteiger partial charge in [0, 0.05) is 23.8 Å². The van der Waals surface area contributed by atoms with Crippen LogP contribution >= 0.6 is 0 Å². The van der Waals surface area contributed by atoms with E-state index >= 15 is 0 Å². The van der Waals surface area contributed by atoms with Gasteiger partial charge >= 0.3 is 6.18 Å². The predicted molar refractivity (Wildman–Crippen MR) is 83.2 cm³/mol. The number of halogens is 3. The monoisotopic (exact) mass is 324 g/mol. The summed E-state index contributed by atoms with van der Waals surface area (Å²) in [6.45, 7) is 0.706. The van der Waals surface area contributed by atoms with E-state index in [1.165, 1.54) is 12.3 Å². The van der Waals surface area contributed by atoms with Gasteiger partial charge in [0.1, 0.15) is 0 Å². The van der Waals surface area contributed by atoms with Gasteiger partial charge in [-0.3, -0.25) is 4.98 Å². The number of aliphatic hydroxyl groups excluding tert-OH is 1. The van der Waals surface area contributed by atoms with E-state index in [1.807, 2.05) is 0 Å². The molecule has 1 aromatic heterocycles. The van der Waals surface area contributed by atoms with E-state index < -0.39 is 11.7 Å². The smallest absolute Gasteiger partial charge is 0.393 e. The summed E-state index contributed by atoms with van der Waals surface area (Å²) in [5, 5.41) is 13.7. The average Bonchev–Trinajstić information content (AvgIpc) is 2.51. The molecule has 1 fully saturated rings. The summed E-state index contributed by atoms with van der Waals surface area (Å²) >= 11 is 0. The SMILES string of the molecule is OC1CCCC(CNc2ccnc3cc(C(F)(F)F)ccc23)C1. The molecule has 1 aliphatic rings. The van der Waals surface area contributed by atoms with Crippen LogP contribution in [-0.2, 0) is 6.18 Å². The van der Waals surface area contributed by atoms with Crippen molar-refractivity contribution >= 4 is 16.6 Å². The Labute approximate surface area is 132 Å². The highest BCUT2D eigenvalue weighted by Crippen LogP contribution is 2.33. The van der Waals surface area contributed by atoms with E-state index in [-0.39, 0.29) is 6.10 Å². The van der Waals surface area contributed by atoms with Gasteiger partial charge in [-0.1, -0.05) is 12.5 Å². The molecule has 0 spiro atoms. The molecule has 3 nitrogen and oxygen atoms in total. The lowest BCUT2D eigenvalue weighted by Crippen LogP contribution is -2.25. The lowest BCUT2D eigenvalue weighted by molar-refractivity contribution is -0.137. The molecule has 3 rings (SSSR count). The molecule has 6 heteroatoms. The molecular formula is C17H19F3N2O. The largest absolute Gasteiger partial charge is 0.416 e. The number of alkyl halides is 3. The molecule has 23 heavy (non-hydrogen) atoms. The molecular weight excluding hydrogens is 305 g/mol. The topological polar surface area (TPSA) is 45.1 Å². The summed E-state index contributed by atoms with van der Waals surface area (Å²) in [6, 6.07) is 5.39. The van der Waals surface area contributed by atoms with Crippen molar-refractivity contribution in [3.63, 3.8) is 0 Å². The zero-order chi connectivity index (χ0) is 16.4. The minimum atomic E-state index is -4.36. The van der Waals surface area contributed by atoms with Crippen LogP contribution in [0.3, 0.4) is 0 Å². The number of rotatable bonds is 3. The fourth-order valence-electron chi connectivity index (χ4n) is 3.18. The number of hydrogen-bond acceptors (Lipinski definition) is 3. The summed E-state index contributed by atoms with van der Waals surface area (Å²) in [7, 11) is 0. The molecule has 0 amide bonds. The average molecular weight is 324 g/mol. The number of pyridine rings is 1. The Bertz CT molecular complexity index is 687. The number of anilines is 1. The molecule has 1 saturated carbocycles. The van der Waals surface area contributed by atoms with Crippen LogP contribution in [-0.4, -0.2) is 22.7 Å². The Hall–Kier alpha value is -1.82. The van der Waals surface area contributed by atoms with Gasteiger partial charge in [-0.25, -0.2) is 0 Å². The first-order valence-corrected chi connectivity index (χ1v) is 7.81. The van der Waals surface area contributed by atoms with Gasteiger partial charge in [0.05, 0.1) is 17.2 Å². The summed E-state index contributed by atoms with van der Waals surface area (Å²) < 4.78 is 38.3. The van der Waals surface area contributed by atoms with Crippen LogP contribution in [0.1, 0.15) is 31.2 Å². The third kappa shape index (κ3) is 3.75. The van der Waals surface area contributed by atoms with Gasteiger partial charge in [-0.05, 0) is 43.4 Å². The van der Waals surface area contributed by atoms with Crippen molar-refractivity contribution in [3.8, 4) is 0 Å². The molecule has 124 valence electrons. The fourth-order valence-corrected chi connectivity index (χ4v) is 3.18. The van der Waals surface area contributed by atoms with Crippen LogP contribution < -0.4 is 5.32 Å². The molecule has 2 aromatic rings. The summed E-state index contributed by atoms with van der Waals surface area (Å²) in [6.07, 6.45) is 0.616. The minimum absolute atomic E-state index is 0.237. The van der Waals surface area contributed by atoms with Gasteiger partial charge in [0.2, 0.25) is 0 Å². The Morgan fingerprint density at radius 2 is 2.04 bits per heavy atom. The fraction of sp³-hybridized carbons (Fsp3) is 0.471. The highest BCUT2D eigenvalue weighted by atomic mass is 19.4. The van der Waals surface area contributed by atoms with E-state index in [0.717, 1.165) is 43.5 Å². The molecule has 1 aromatic carbocycles. The standard InChI is InChI=1S/C17H19F3N2O/c18-17(19,20)12-4-5-14-15(6-7-21-16(14)9-12)22-10-11-2-1-3-13(23)8-11/h4-7,9,11,13,23H,1-3,8,10H2,(H,21,22). The number of benzene rings is 1. The maximum Gasteiger partial charge on any atom is 0.416 e. The van der Waals surface area contributed by atoms with E-state index in [0.29, 0.717) is 23.4 Å². The number of aromatic nitrogens is 1. The van der Waals surface area contributed by atoms with E-state index in [4.69, 9.17) is 0 Å². The van der Waals surface area contributed by atoms with Gasteiger partial charge in [0.15, 0.2) is 0 Å². The first-order chi connectivity index (χ1) is 10.9. The maximum atomic E-state index is 12.8. The second kappa shape index (κ2) is 6.35. The summed E-state index contributed by atoms with van der Waals surface area (Å²) in [4.78, 5) is 4.04. The zero-order valence-corrected chi connectivity index (χ0v) is 12.6. The van der Waals surface area contributed by atoms with E-state index in [9.17, 15) is 18.3 Å². The van der Waals surface area contributed by atoms with Crippen LogP contribution in [0, 0.1) is 5.92 Å². The van der Waals surface area contributed by atoms with Gasteiger partial charge in [-0.2, -0.15) is 13.2 Å². The number of nitrogens with zero attached hydrogens (tertiary/aromatic N) is 1. The molecule has 1 aliphatic carbocycles. The van der Waals surface area contributed by atoms with Crippen molar-refractivity contribution in [1.82, 2.24) is 4.98 Å². The van der Waals surface area contributed by atoms with Gasteiger partial charge < -0.3 is 10.4 Å². The number of aliphatic hydroxyl groups is 1. The highest BCUT2D eigenvalue weighted by molar-refractivity contribution is 5.91. The van der Waals surface area contributed by atoms with Crippen LogP contribution in [0.4, 0.5) is 18.9 Å². The Morgan fingerprint density at radius 1 is 1.22 bits per heavy atom. The first-order valence-electron chi connectivity index (χ1n) is 7.81. The lowest BCUT2D eigenvalue weighted by atomic mass is 9.87. The van der Waals surface area contributed by atoms with Crippen molar-refractivity contribution in [2.24, 2.45) is 5.92 Å². The first kappa shape index (κ1) is 16.1. The van der Waals surface area contributed by atoms with Crippen LogP contribution in [0.15, 0.2) is 30.5 Å². The zero-order valence-electron chi connectivity index (χ0n) is 12.6. The number of hydrogen-bond donors (Lipinski definition) is 2. The van der Waals surface area contributed by atoms with Gasteiger partial charge in [0.25, 0.3) is 0 Å². The van der Waals surface area contributed by atoms with Crippen LogP contribution in [0.2, 0.25) is 0 Å². The van der Waals surface area contributed by atoms with Crippen molar-refractivity contribution in [2.45, 2.75) is 38.0 Å². The molecule has 2 N–H and O–H groups in total. The van der Waals surface area contributed by atoms with Gasteiger partial charge in [-0.15, -0.1) is 0 Å². The quantitative estimate of drug-likeness (QED) is 0.889. The molecule has 2 unspecified atom stereocenters. The Balaban J connectivity index is 1.78. The lowest BCUT2D eigenvalue weighted by Gasteiger charge is -2.26. The molecule has 0 bridgehead atoms. The number of nitrogens with one attached hydrogen (secondary N) is 1. The normalized spacial score (nSPS) is 22.3. The van der Waals surface area contributed by atoms with Crippen LogP contribution in [0.5, 0.6) is 0 Å². The molecule has 0 aliphatic heterocycles. The third-order valence-electron chi connectivity index (χ3n) is 4.41. The molecule has 0 saturated heterocycles. The molecule has 1 heterocycles. The highest BCUT2D eigenvalue weighted by Gasteiger charge is 2.30. The van der Waals surface area contributed by atoms with Crippen molar-refractivity contribution < 1.29 is 18.3 Å². The minimum Gasteiger partial charge on any atom is -0.393 e. The molecule has 2 atom stereocenters. The Morgan fingerprint density at radius 3 is 2.78 bits per heavy atom. The second-order valence-electron chi connectivity index (χ2n) is 6.16. The van der Waals surface area contributed by atoms with Crippen molar-refractivity contribution in [3.05, 3.63) is 36.0 Å². The van der Waals surface area contributed by atoms with E-state index in [1.54, 1.807) is 6.07 Å². The van der Waals surface area contributed by atoms with Crippen molar-refractivity contribution in [2.75, 3.05) is 11.9 Å². The molecule has 0 radical (unpaired) electrons. The summed E-state index contributed by atoms with van der Waals surface area (Å²) in [5.41, 5.74) is 0.419. The van der Waals surface area contributed by atoms with Crippen LogP contribution in [0.25, 0.3) is 10.9 Å². The second-order valence-corrected chi connectivity index (χ2v) is 6.16. The Kier molecular flexibility index (Phi) is 4.43. The van der Waals surface area contributed by atoms with Crippen molar-refractivity contribution in [1.29, 1.82) is 0 Å². The third-order valence-corrected chi connectivity index (χ3v) is 4.41. The van der Waals surface area contributed by atoms with E-state index in [2.05, 4.69) is 10.3 Å². The number of fused-ring (bicyclic) bond motifs is 1.